The first-order valence-electron chi connectivity index (χ1n) is 9.65. The molecule has 2 amide bonds. The maximum absolute atomic E-state index is 12.5. The van der Waals surface area contributed by atoms with Gasteiger partial charge in [-0.25, -0.2) is 9.97 Å². The highest BCUT2D eigenvalue weighted by molar-refractivity contribution is 7.09. The molecule has 2 aromatic heterocycles. The average molecular weight is 439 g/mol. The molecule has 0 saturated carbocycles. The first-order valence-corrected chi connectivity index (χ1v) is 10.5. The van der Waals surface area contributed by atoms with E-state index in [1.165, 1.54) is 29.9 Å². The lowest BCUT2D eigenvalue weighted by Crippen LogP contribution is -2.52. The number of nitrogens with one attached hydrogen (secondary N) is 1. The molecule has 4 rings (SSSR count). The summed E-state index contributed by atoms with van der Waals surface area (Å²) >= 11 is 1.48. The minimum Gasteiger partial charge on any atom is -0.394 e. The Balaban J connectivity index is 1.49. The normalized spacial score (nSPS) is 18.8. The Labute approximate surface area is 182 Å². The predicted octanol–water partition coefficient (Wildman–Crippen LogP) is 1.95. The van der Waals surface area contributed by atoms with Crippen molar-refractivity contribution in [2.75, 3.05) is 18.5 Å². The Bertz CT molecular complexity index is 1060. The van der Waals surface area contributed by atoms with Crippen molar-refractivity contribution in [2.45, 2.75) is 25.6 Å². The smallest absolute Gasteiger partial charge is 0.275 e. The Morgan fingerprint density at radius 2 is 2.10 bits per heavy atom. The van der Waals surface area contributed by atoms with Gasteiger partial charge in [-0.1, -0.05) is 12.1 Å². The van der Waals surface area contributed by atoms with Crippen LogP contribution in [0.2, 0.25) is 0 Å². The molecule has 0 spiro atoms. The third-order valence-electron chi connectivity index (χ3n) is 5.10. The first-order chi connectivity index (χ1) is 15.1. The van der Waals surface area contributed by atoms with Crippen molar-refractivity contribution in [3.8, 4) is 0 Å². The molecule has 1 aromatic carbocycles. The Morgan fingerprint density at radius 3 is 2.74 bits per heavy atom. The number of hydrogen-bond acceptors (Lipinski definition) is 8. The van der Waals surface area contributed by atoms with Gasteiger partial charge in [0, 0.05) is 23.0 Å². The lowest BCUT2D eigenvalue weighted by molar-refractivity contribution is -0.161. The highest BCUT2D eigenvalue weighted by Crippen LogP contribution is 2.31. The number of aryl methyl sites for hydroxylation is 1. The minimum absolute atomic E-state index is 0.0653. The number of aliphatic hydroxyl groups excluding tert-OH is 1. The molecule has 31 heavy (non-hydrogen) atoms. The third-order valence-corrected chi connectivity index (χ3v) is 6.02. The van der Waals surface area contributed by atoms with E-state index in [-0.39, 0.29) is 30.7 Å². The number of rotatable bonds is 6. The summed E-state index contributed by atoms with van der Waals surface area (Å²) in [5.74, 6) is -0.532. The van der Waals surface area contributed by atoms with Gasteiger partial charge in [0.25, 0.3) is 5.91 Å². The molecule has 10 heteroatoms. The number of nitrogens with zero attached hydrogens (tertiary/aromatic N) is 4. The number of carbonyl (C=O) groups is 2. The van der Waals surface area contributed by atoms with Gasteiger partial charge in [-0.2, -0.15) is 0 Å². The Hall–Kier alpha value is -3.21. The summed E-state index contributed by atoms with van der Waals surface area (Å²) in [6.45, 7) is 1.98. The van der Waals surface area contributed by atoms with E-state index in [1.54, 1.807) is 22.5 Å². The van der Waals surface area contributed by atoms with Crippen LogP contribution >= 0.6 is 11.3 Å². The van der Waals surface area contributed by atoms with Gasteiger partial charge in [0.1, 0.15) is 18.4 Å². The van der Waals surface area contributed by atoms with Gasteiger partial charge >= 0.3 is 0 Å². The Morgan fingerprint density at radius 1 is 1.29 bits per heavy atom. The Kier molecular flexibility index (Phi) is 6.31. The first kappa shape index (κ1) is 21.0. The minimum atomic E-state index is -0.525. The largest absolute Gasteiger partial charge is 0.394 e. The third kappa shape index (κ3) is 4.61. The van der Waals surface area contributed by atoms with Crippen LogP contribution < -0.4 is 5.32 Å². The van der Waals surface area contributed by atoms with Crippen molar-refractivity contribution in [1.82, 2.24) is 19.9 Å². The summed E-state index contributed by atoms with van der Waals surface area (Å²) < 4.78 is 5.78. The molecule has 9 nitrogen and oxygen atoms in total. The zero-order chi connectivity index (χ0) is 21.8. The van der Waals surface area contributed by atoms with Crippen LogP contribution in [-0.2, 0) is 16.1 Å². The molecular formula is C21H21N5O4S. The lowest BCUT2D eigenvalue weighted by atomic mass is 9.99. The van der Waals surface area contributed by atoms with Gasteiger partial charge < -0.3 is 20.1 Å². The van der Waals surface area contributed by atoms with Crippen molar-refractivity contribution < 1.29 is 19.4 Å². The highest BCUT2D eigenvalue weighted by atomic mass is 32.1. The van der Waals surface area contributed by atoms with Crippen LogP contribution in [0.15, 0.2) is 48.4 Å². The van der Waals surface area contributed by atoms with Crippen LogP contribution in [0.1, 0.15) is 32.7 Å². The number of anilines is 1. The number of thiazole rings is 1. The predicted molar refractivity (Wildman–Crippen MR) is 113 cm³/mol. The van der Waals surface area contributed by atoms with E-state index >= 15 is 0 Å². The molecule has 1 aliphatic rings. The number of carbonyl (C=O) groups excluding carboxylic acids is 2. The second-order valence-electron chi connectivity index (χ2n) is 7.03. The summed E-state index contributed by atoms with van der Waals surface area (Å²) in [6, 6.07) is 6.59. The molecule has 0 unspecified atom stereocenters. The van der Waals surface area contributed by atoms with Gasteiger partial charge in [0.05, 0.1) is 36.6 Å². The summed E-state index contributed by atoms with van der Waals surface area (Å²) in [4.78, 5) is 39.5. The second kappa shape index (κ2) is 9.29. The van der Waals surface area contributed by atoms with Gasteiger partial charge in [-0.3, -0.25) is 14.6 Å². The van der Waals surface area contributed by atoms with E-state index in [1.807, 2.05) is 19.1 Å². The van der Waals surface area contributed by atoms with Gasteiger partial charge in [-0.15, -0.1) is 11.3 Å². The zero-order valence-electron chi connectivity index (χ0n) is 16.8. The highest BCUT2D eigenvalue weighted by Gasteiger charge is 2.37. The fraction of sp³-hybridized carbons (Fsp3) is 0.286. The van der Waals surface area contributed by atoms with E-state index in [4.69, 9.17) is 4.74 Å². The van der Waals surface area contributed by atoms with E-state index < -0.39 is 12.1 Å². The monoisotopic (exact) mass is 439 g/mol. The summed E-state index contributed by atoms with van der Waals surface area (Å²) in [7, 11) is 0. The summed E-state index contributed by atoms with van der Waals surface area (Å²) in [5.41, 5.74) is 4.23. The average Bonchev–Trinajstić information content (AvgIpc) is 3.20. The van der Waals surface area contributed by atoms with Crippen molar-refractivity contribution in [3.05, 3.63) is 70.2 Å². The van der Waals surface area contributed by atoms with Crippen LogP contribution in [0, 0.1) is 6.92 Å². The van der Waals surface area contributed by atoms with Crippen LogP contribution in [0.4, 0.5) is 5.69 Å². The molecule has 0 radical (unpaired) electrons. The van der Waals surface area contributed by atoms with Crippen LogP contribution in [0.25, 0.3) is 0 Å². The van der Waals surface area contributed by atoms with Crippen molar-refractivity contribution in [2.24, 2.45) is 0 Å². The van der Waals surface area contributed by atoms with Crippen molar-refractivity contribution >= 4 is 28.8 Å². The molecule has 1 fully saturated rings. The van der Waals surface area contributed by atoms with E-state index in [0.717, 1.165) is 16.1 Å². The second-order valence-corrected chi connectivity index (χ2v) is 7.97. The van der Waals surface area contributed by atoms with E-state index in [0.29, 0.717) is 12.2 Å². The molecule has 0 aliphatic carbocycles. The van der Waals surface area contributed by atoms with Gasteiger partial charge in [-0.05, 0) is 24.6 Å². The van der Waals surface area contributed by atoms with E-state index in [2.05, 4.69) is 20.3 Å². The molecule has 3 heterocycles. The summed E-state index contributed by atoms with van der Waals surface area (Å²) in [5, 5.41) is 12.8. The molecule has 160 valence electrons. The van der Waals surface area contributed by atoms with Gasteiger partial charge in [0.2, 0.25) is 5.91 Å². The maximum Gasteiger partial charge on any atom is 0.275 e. The van der Waals surface area contributed by atoms with Crippen LogP contribution in [0.3, 0.4) is 0 Å². The molecule has 2 N–H and O–H groups in total. The number of aliphatic hydroxyl groups is 1. The van der Waals surface area contributed by atoms with Crippen LogP contribution in [-0.4, -0.2) is 56.0 Å². The standard InChI is InChI=1S/C21H21N5O4S/c1-13-18(31-12-24-13)9-26-17(10-27)20(30-11-19(26)28)14-2-4-15(5-3-14)25-21(29)16-8-22-6-7-23-16/h2-8,12,17,20,27H,9-11H2,1H3,(H,25,29)/t17-,20-/m1/s1. The molecule has 2 atom stereocenters. The number of morpholine rings is 1. The zero-order valence-corrected chi connectivity index (χ0v) is 17.6. The summed E-state index contributed by atoms with van der Waals surface area (Å²) in [6.07, 6.45) is 3.86. The molecule has 1 aliphatic heterocycles. The fourth-order valence-corrected chi connectivity index (χ4v) is 4.20. The molecule has 1 saturated heterocycles. The number of ether oxygens (including phenoxy) is 1. The van der Waals surface area contributed by atoms with Crippen molar-refractivity contribution in [3.63, 3.8) is 0 Å². The number of aromatic nitrogens is 3. The fourth-order valence-electron chi connectivity index (χ4n) is 3.42. The lowest BCUT2D eigenvalue weighted by Gasteiger charge is -2.40. The van der Waals surface area contributed by atoms with Crippen LogP contribution in [0.5, 0.6) is 0 Å². The molecule has 0 bridgehead atoms. The SMILES string of the molecule is Cc1ncsc1CN1C(=O)CO[C@H](c2ccc(NC(=O)c3cnccn3)cc2)[C@H]1CO. The van der Waals surface area contributed by atoms with E-state index in [9.17, 15) is 14.7 Å². The molecule has 3 aromatic rings. The quantitative estimate of drug-likeness (QED) is 0.603. The van der Waals surface area contributed by atoms with Gasteiger partial charge in [0.15, 0.2) is 0 Å². The molecular weight excluding hydrogens is 418 g/mol. The number of hydrogen-bond donors (Lipinski definition) is 2. The number of benzene rings is 1. The maximum atomic E-state index is 12.5. The topological polar surface area (TPSA) is 118 Å². The number of amides is 2. The van der Waals surface area contributed by atoms with Crippen molar-refractivity contribution in [1.29, 1.82) is 0 Å².